The van der Waals surface area contributed by atoms with Crippen LogP contribution in [0.3, 0.4) is 0 Å². The van der Waals surface area contributed by atoms with Crippen molar-refractivity contribution in [1.82, 2.24) is 14.9 Å². The Labute approximate surface area is 121 Å². The third-order valence-corrected chi connectivity index (χ3v) is 4.63. The van der Waals surface area contributed by atoms with Gasteiger partial charge in [-0.05, 0) is 31.9 Å². The molecule has 2 saturated heterocycles. The van der Waals surface area contributed by atoms with Gasteiger partial charge in [0.05, 0.1) is 6.61 Å². The van der Waals surface area contributed by atoms with Crippen molar-refractivity contribution in [1.29, 1.82) is 0 Å². The fraction of sp³-hybridized carbons (Fsp3) is 0.733. The predicted molar refractivity (Wildman–Crippen MR) is 78.8 cm³/mol. The summed E-state index contributed by atoms with van der Waals surface area (Å²) in [4.78, 5) is 13.7. The van der Waals surface area contributed by atoms with Crippen molar-refractivity contribution in [2.45, 2.75) is 19.3 Å². The second-order valence-electron chi connectivity index (χ2n) is 6.09. The molecule has 110 valence electrons. The van der Waals surface area contributed by atoms with E-state index < -0.39 is 0 Å². The number of likely N-dealkylation sites (tertiary alicyclic amines) is 1. The summed E-state index contributed by atoms with van der Waals surface area (Å²) in [5, 5.41) is 0. The van der Waals surface area contributed by atoms with E-state index in [2.05, 4.69) is 19.8 Å². The van der Waals surface area contributed by atoms with Crippen molar-refractivity contribution in [2.24, 2.45) is 5.41 Å². The Hall–Kier alpha value is -1.20. The number of ether oxygens (including phenoxy) is 1. The molecule has 0 N–H and O–H groups in total. The van der Waals surface area contributed by atoms with Gasteiger partial charge in [-0.1, -0.05) is 0 Å². The van der Waals surface area contributed by atoms with Crippen LogP contribution in [0.1, 0.15) is 19.3 Å². The van der Waals surface area contributed by atoms with Crippen LogP contribution in [0.5, 0.6) is 0 Å². The second kappa shape index (κ2) is 6.06. The highest BCUT2D eigenvalue weighted by Gasteiger charge is 2.41. The van der Waals surface area contributed by atoms with E-state index in [-0.39, 0.29) is 0 Å². The minimum absolute atomic E-state index is 0.436. The monoisotopic (exact) mass is 276 g/mol. The van der Waals surface area contributed by atoms with Crippen molar-refractivity contribution in [2.75, 3.05) is 51.3 Å². The third-order valence-electron chi connectivity index (χ3n) is 4.63. The molecule has 0 unspecified atom stereocenters. The highest BCUT2D eigenvalue weighted by Crippen LogP contribution is 2.39. The Morgan fingerprint density at radius 1 is 1.20 bits per heavy atom. The van der Waals surface area contributed by atoms with Crippen molar-refractivity contribution >= 4 is 5.95 Å². The number of anilines is 1. The Morgan fingerprint density at radius 3 is 2.85 bits per heavy atom. The maximum absolute atomic E-state index is 5.20. The van der Waals surface area contributed by atoms with Gasteiger partial charge < -0.3 is 14.5 Å². The van der Waals surface area contributed by atoms with Gasteiger partial charge in [0.25, 0.3) is 0 Å². The van der Waals surface area contributed by atoms with Gasteiger partial charge in [-0.2, -0.15) is 0 Å². The molecule has 3 rings (SSSR count). The molecular weight excluding hydrogens is 252 g/mol. The minimum atomic E-state index is 0.436. The maximum Gasteiger partial charge on any atom is 0.225 e. The van der Waals surface area contributed by atoms with E-state index in [1.165, 1.54) is 32.4 Å². The first kappa shape index (κ1) is 13.8. The number of hydrogen-bond acceptors (Lipinski definition) is 5. The lowest BCUT2D eigenvalue weighted by atomic mass is 9.79. The van der Waals surface area contributed by atoms with Crippen molar-refractivity contribution in [3.05, 3.63) is 18.5 Å². The number of aromatic nitrogens is 2. The molecule has 2 aliphatic heterocycles. The molecule has 0 aliphatic carbocycles. The molecule has 20 heavy (non-hydrogen) atoms. The topological polar surface area (TPSA) is 41.5 Å². The highest BCUT2D eigenvalue weighted by atomic mass is 16.5. The van der Waals surface area contributed by atoms with Crippen LogP contribution in [0.2, 0.25) is 0 Å². The Balaban J connectivity index is 1.64. The van der Waals surface area contributed by atoms with E-state index in [1.807, 2.05) is 18.5 Å². The van der Waals surface area contributed by atoms with E-state index in [9.17, 15) is 0 Å². The lowest BCUT2D eigenvalue weighted by Gasteiger charge is -2.40. The zero-order valence-electron chi connectivity index (χ0n) is 12.3. The normalized spacial score (nSPS) is 27.4. The van der Waals surface area contributed by atoms with Crippen LogP contribution in [0.4, 0.5) is 5.95 Å². The number of methoxy groups -OCH3 is 1. The summed E-state index contributed by atoms with van der Waals surface area (Å²) in [5.74, 6) is 0.891. The van der Waals surface area contributed by atoms with Crippen LogP contribution < -0.4 is 4.90 Å². The van der Waals surface area contributed by atoms with E-state index in [0.717, 1.165) is 32.2 Å². The highest BCUT2D eigenvalue weighted by molar-refractivity contribution is 5.30. The molecule has 1 aromatic heterocycles. The number of piperidine rings is 1. The van der Waals surface area contributed by atoms with Gasteiger partial charge in [0.2, 0.25) is 5.95 Å². The quantitative estimate of drug-likeness (QED) is 0.832. The fourth-order valence-electron chi connectivity index (χ4n) is 3.61. The van der Waals surface area contributed by atoms with Gasteiger partial charge in [0, 0.05) is 51.1 Å². The van der Waals surface area contributed by atoms with E-state index in [1.54, 1.807) is 7.11 Å². The summed E-state index contributed by atoms with van der Waals surface area (Å²) in [5.41, 5.74) is 0.436. The van der Waals surface area contributed by atoms with Gasteiger partial charge in [0.15, 0.2) is 0 Å². The molecule has 5 heteroatoms. The average Bonchev–Trinajstić information content (AvgIpc) is 2.89. The summed E-state index contributed by atoms with van der Waals surface area (Å²) in [6.45, 7) is 6.47. The molecule has 2 aliphatic rings. The van der Waals surface area contributed by atoms with Crippen LogP contribution >= 0.6 is 0 Å². The van der Waals surface area contributed by atoms with Crippen LogP contribution in [0.25, 0.3) is 0 Å². The molecule has 0 bridgehead atoms. The van der Waals surface area contributed by atoms with E-state index >= 15 is 0 Å². The Bertz CT molecular complexity index is 427. The van der Waals surface area contributed by atoms with Gasteiger partial charge in [0.1, 0.15) is 0 Å². The van der Waals surface area contributed by atoms with Gasteiger partial charge >= 0.3 is 0 Å². The lowest BCUT2D eigenvalue weighted by Crippen LogP contribution is -2.45. The fourth-order valence-corrected chi connectivity index (χ4v) is 3.61. The predicted octanol–water partition coefficient (Wildman–Crippen LogP) is 1.42. The lowest BCUT2D eigenvalue weighted by molar-refractivity contribution is 0.148. The van der Waals surface area contributed by atoms with Gasteiger partial charge in [-0.25, -0.2) is 9.97 Å². The zero-order chi connectivity index (χ0) is 13.8. The minimum Gasteiger partial charge on any atom is -0.383 e. The summed E-state index contributed by atoms with van der Waals surface area (Å²) >= 11 is 0. The molecule has 3 heterocycles. The largest absolute Gasteiger partial charge is 0.383 e. The summed E-state index contributed by atoms with van der Waals surface area (Å²) in [7, 11) is 1.78. The molecule has 0 amide bonds. The van der Waals surface area contributed by atoms with E-state index in [0.29, 0.717) is 5.41 Å². The van der Waals surface area contributed by atoms with Crippen LogP contribution in [-0.4, -0.2) is 61.3 Å². The van der Waals surface area contributed by atoms with Crippen LogP contribution in [0, 0.1) is 5.41 Å². The first-order valence-electron chi connectivity index (χ1n) is 7.55. The average molecular weight is 276 g/mol. The Kier molecular flexibility index (Phi) is 4.17. The smallest absolute Gasteiger partial charge is 0.225 e. The van der Waals surface area contributed by atoms with Crippen molar-refractivity contribution < 1.29 is 4.74 Å². The van der Waals surface area contributed by atoms with Crippen LogP contribution in [0.15, 0.2) is 18.5 Å². The first-order valence-corrected chi connectivity index (χ1v) is 7.55. The standard InChI is InChI=1S/C15H24N4O/c1-20-11-10-18-9-5-15(12-18)4-2-8-19(13-15)14-16-6-3-7-17-14/h3,6-7H,2,4-5,8-13H2,1H3/t15-/m1/s1. The summed E-state index contributed by atoms with van der Waals surface area (Å²) in [6, 6.07) is 1.88. The molecule has 0 saturated carbocycles. The molecule has 0 radical (unpaired) electrons. The summed E-state index contributed by atoms with van der Waals surface area (Å²) in [6.07, 6.45) is 7.54. The van der Waals surface area contributed by atoms with Gasteiger partial charge in [-0.15, -0.1) is 0 Å². The molecule has 1 aromatic rings. The molecular formula is C15H24N4O. The molecule has 0 aromatic carbocycles. The first-order chi connectivity index (χ1) is 9.81. The number of hydrogen-bond donors (Lipinski definition) is 0. The zero-order valence-corrected chi connectivity index (χ0v) is 12.3. The molecule has 1 spiro atoms. The molecule has 1 atom stereocenters. The SMILES string of the molecule is COCCN1CC[C@]2(CCCN(c3ncccn3)C2)C1. The second-order valence-corrected chi connectivity index (χ2v) is 6.09. The van der Waals surface area contributed by atoms with E-state index in [4.69, 9.17) is 4.74 Å². The number of rotatable bonds is 4. The third kappa shape index (κ3) is 2.94. The number of nitrogens with zero attached hydrogens (tertiary/aromatic N) is 4. The summed E-state index contributed by atoms with van der Waals surface area (Å²) < 4.78 is 5.20. The molecule has 2 fully saturated rings. The Morgan fingerprint density at radius 2 is 2.05 bits per heavy atom. The van der Waals surface area contributed by atoms with Crippen molar-refractivity contribution in [3.63, 3.8) is 0 Å². The van der Waals surface area contributed by atoms with Crippen LogP contribution in [-0.2, 0) is 4.74 Å². The van der Waals surface area contributed by atoms with Crippen molar-refractivity contribution in [3.8, 4) is 0 Å². The van der Waals surface area contributed by atoms with Gasteiger partial charge in [-0.3, -0.25) is 0 Å². The molecule has 5 nitrogen and oxygen atoms in total. The maximum atomic E-state index is 5.20.